The van der Waals surface area contributed by atoms with Gasteiger partial charge in [-0.15, -0.1) is 0 Å². The Labute approximate surface area is 343 Å². The SMILES string of the molecule is CNC(=O)N(CCC=O)c1ccc(CCN2CCN(C3CCN(c4ccc(Nc5ncc(Cl)c(Nc6ccccc6N(C)[S+](C)[O-])n5)c(OC)c4)CC3)CC2)cc1. The molecule has 3 N–H and O–H groups in total. The van der Waals surface area contributed by atoms with Crippen molar-refractivity contribution in [2.45, 2.75) is 31.7 Å². The quantitative estimate of drug-likeness (QED) is 0.0913. The second kappa shape index (κ2) is 20.1. The molecule has 1 atom stereocenters. The lowest BCUT2D eigenvalue weighted by molar-refractivity contribution is -0.107. The lowest BCUT2D eigenvalue weighted by Crippen LogP contribution is -2.53. The van der Waals surface area contributed by atoms with Gasteiger partial charge < -0.3 is 39.8 Å². The molecule has 304 valence electrons. The zero-order valence-electron chi connectivity index (χ0n) is 33.1. The summed E-state index contributed by atoms with van der Waals surface area (Å²) in [5.74, 6) is 1.46. The van der Waals surface area contributed by atoms with Gasteiger partial charge in [0.25, 0.3) is 0 Å². The molecule has 0 aliphatic carbocycles. The second-order valence-corrected chi connectivity index (χ2v) is 15.9. The van der Waals surface area contributed by atoms with Crippen molar-refractivity contribution in [3.63, 3.8) is 0 Å². The van der Waals surface area contributed by atoms with Gasteiger partial charge in [-0.2, -0.15) is 9.29 Å². The summed E-state index contributed by atoms with van der Waals surface area (Å²) < 4.78 is 19.7. The number of urea groups is 1. The molecule has 0 radical (unpaired) electrons. The molecule has 2 saturated heterocycles. The van der Waals surface area contributed by atoms with Gasteiger partial charge in [0.05, 0.1) is 43.1 Å². The van der Waals surface area contributed by atoms with Crippen LogP contribution in [0, 0.1) is 0 Å². The number of hydrogen-bond donors (Lipinski definition) is 3. The third-order valence-electron chi connectivity index (χ3n) is 10.7. The molecule has 3 heterocycles. The van der Waals surface area contributed by atoms with Crippen molar-refractivity contribution in [1.82, 2.24) is 25.1 Å². The van der Waals surface area contributed by atoms with Crippen LogP contribution in [0.4, 0.5) is 45.0 Å². The van der Waals surface area contributed by atoms with Crippen LogP contribution in [0.1, 0.15) is 24.8 Å². The highest BCUT2D eigenvalue weighted by molar-refractivity contribution is 7.92. The number of para-hydroxylation sites is 2. The number of halogens is 1. The Hall–Kier alpha value is -4.80. The number of nitrogens with zero attached hydrogens (tertiary/aromatic N) is 7. The molecule has 1 aromatic heterocycles. The summed E-state index contributed by atoms with van der Waals surface area (Å²) >= 11 is 5.29. The molecule has 4 aromatic rings. The number of carbonyl (C=O) groups excluding carboxylic acids is 2. The Balaban J connectivity index is 0.977. The summed E-state index contributed by atoms with van der Waals surface area (Å²) in [5.41, 5.74) is 5.35. The Morgan fingerprint density at radius 2 is 1.75 bits per heavy atom. The number of piperazine rings is 1. The molecule has 14 nitrogen and oxygen atoms in total. The molecule has 6 rings (SSSR count). The summed E-state index contributed by atoms with van der Waals surface area (Å²) in [7, 11) is 5.03. The van der Waals surface area contributed by atoms with E-state index in [-0.39, 0.29) is 6.03 Å². The van der Waals surface area contributed by atoms with Crippen LogP contribution < -0.4 is 34.8 Å². The number of anilines is 7. The topological polar surface area (TPSA) is 144 Å². The molecule has 0 saturated carbocycles. The zero-order valence-corrected chi connectivity index (χ0v) is 34.7. The van der Waals surface area contributed by atoms with Gasteiger partial charge in [-0.1, -0.05) is 35.9 Å². The van der Waals surface area contributed by atoms with E-state index in [2.05, 4.69) is 64.9 Å². The maximum Gasteiger partial charge on any atom is 0.321 e. The Kier molecular flexibility index (Phi) is 14.7. The van der Waals surface area contributed by atoms with E-state index in [1.165, 1.54) is 5.56 Å². The minimum absolute atomic E-state index is 0.216. The Morgan fingerprint density at radius 1 is 1.02 bits per heavy atom. The number of aldehydes is 1. The van der Waals surface area contributed by atoms with Gasteiger partial charge in [-0.05, 0) is 61.2 Å². The number of methoxy groups -OCH3 is 1. The molecule has 2 amide bonds. The van der Waals surface area contributed by atoms with Crippen molar-refractivity contribution < 1.29 is 18.9 Å². The lowest BCUT2D eigenvalue weighted by atomic mass is 10.0. The van der Waals surface area contributed by atoms with Gasteiger partial charge in [0.2, 0.25) is 5.95 Å². The van der Waals surface area contributed by atoms with E-state index in [1.807, 2.05) is 42.5 Å². The molecule has 16 heteroatoms. The summed E-state index contributed by atoms with van der Waals surface area (Å²) in [6, 6.07) is 22.2. The molecular weight excluding hydrogens is 764 g/mol. The number of ether oxygens (including phenoxy) is 1. The Bertz CT molecular complexity index is 1940. The first-order valence-corrected chi connectivity index (χ1v) is 21.2. The highest BCUT2D eigenvalue weighted by Crippen LogP contribution is 2.35. The summed E-state index contributed by atoms with van der Waals surface area (Å²) in [5, 5.41) is 9.57. The van der Waals surface area contributed by atoms with Crippen LogP contribution in [0.5, 0.6) is 5.75 Å². The third kappa shape index (κ3) is 10.8. The first-order chi connectivity index (χ1) is 27.7. The van der Waals surface area contributed by atoms with Crippen molar-refractivity contribution in [3.05, 3.63) is 83.5 Å². The van der Waals surface area contributed by atoms with Crippen molar-refractivity contribution in [1.29, 1.82) is 0 Å². The zero-order chi connectivity index (χ0) is 40.3. The molecule has 1 unspecified atom stereocenters. The van der Waals surface area contributed by atoms with Crippen LogP contribution in [0.2, 0.25) is 5.02 Å². The minimum Gasteiger partial charge on any atom is -0.593 e. The van der Waals surface area contributed by atoms with Gasteiger partial charge in [-0.3, -0.25) is 9.80 Å². The second-order valence-electron chi connectivity index (χ2n) is 14.1. The van der Waals surface area contributed by atoms with E-state index in [9.17, 15) is 14.1 Å². The van der Waals surface area contributed by atoms with Gasteiger partial charge in [0.15, 0.2) is 5.82 Å². The molecule has 0 bridgehead atoms. The summed E-state index contributed by atoms with van der Waals surface area (Å²) in [6.45, 7) is 7.56. The number of nitrogens with one attached hydrogen (secondary N) is 3. The van der Waals surface area contributed by atoms with Crippen LogP contribution >= 0.6 is 11.6 Å². The molecule has 2 fully saturated rings. The van der Waals surface area contributed by atoms with Crippen LogP contribution in [0.15, 0.2) is 72.9 Å². The Morgan fingerprint density at radius 3 is 2.44 bits per heavy atom. The van der Waals surface area contributed by atoms with Crippen LogP contribution in [-0.4, -0.2) is 122 Å². The van der Waals surface area contributed by atoms with Gasteiger partial charge >= 0.3 is 6.03 Å². The molecule has 2 aliphatic rings. The standard InChI is InChI=1S/C41H53ClN10O4S/c1-43-41(54)52(19-7-27-53)32-12-10-30(11-13-32)16-20-49-23-25-51(26-24-49)31-17-21-50(22-18-31)33-14-15-36(38(28-33)56-3)46-40-44-29-34(42)39(47-40)45-35-8-5-6-9-37(35)48(2)57(4)55/h5-6,8-15,27-29,31H,7,16-26H2,1-4H3,(H,43,54)(H2,44,45,46,47). The number of amides is 2. The van der Waals surface area contributed by atoms with Crippen LogP contribution in [0.3, 0.4) is 0 Å². The number of hydrogen-bond acceptors (Lipinski definition) is 12. The monoisotopic (exact) mass is 816 g/mol. The van der Waals surface area contributed by atoms with Crippen LogP contribution in [-0.2, 0) is 22.6 Å². The average Bonchev–Trinajstić information content (AvgIpc) is 3.24. The predicted octanol–water partition coefficient (Wildman–Crippen LogP) is 5.92. The van der Waals surface area contributed by atoms with E-state index >= 15 is 0 Å². The fourth-order valence-electron chi connectivity index (χ4n) is 7.37. The lowest BCUT2D eigenvalue weighted by Gasteiger charge is -2.43. The average molecular weight is 817 g/mol. The first-order valence-electron chi connectivity index (χ1n) is 19.3. The maximum atomic E-state index is 12.3. The van der Waals surface area contributed by atoms with E-state index in [1.54, 1.807) is 42.9 Å². The molecule has 2 aliphatic heterocycles. The molecular formula is C41H53ClN10O4S. The van der Waals surface area contributed by atoms with Crippen molar-refractivity contribution in [2.75, 3.05) is 105 Å². The van der Waals surface area contributed by atoms with E-state index in [0.717, 1.165) is 94.1 Å². The molecule has 0 spiro atoms. The fraction of sp³-hybridized carbons (Fsp3) is 0.415. The predicted molar refractivity (Wildman–Crippen MR) is 231 cm³/mol. The van der Waals surface area contributed by atoms with E-state index in [4.69, 9.17) is 16.3 Å². The summed E-state index contributed by atoms with van der Waals surface area (Å²) in [6.07, 6.45) is 7.46. The van der Waals surface area contributed by atoms with E-state index in [0.29, 0.717) is 47.2 Å². The number of rotatable bonds is 16. The van der Waals surface area contributed by atoms with Gasteiger partial charge in [0, 0.05) is 89.3 Å². The smallest absolute Gasteiger partial charge is 0.321 e. The highest BCUT2D eigenvalue weighted by Gasteiger charge is 2.28. The number of piperidine rings is 1. The van der Waals surface area contributed by atoms with Crippen molar-refractivity contribution in [3.8, 4) is 5.75 Å². The number of benzene rings is 3. The normalized spacial score (nSPS) is 15.8. The van der Waals surface area contributed by atoms with Gasteiger partial charge in [0.1, 0.15) is 29.0 Å². The first kappa shape index (κ1) is 41.8. The molecule has 57 heavy (non-hydrogen) atoms. The number of carbonyl (C=O) groups is 2. The molecule has 3 aromatic carbocycles. The summed E-state index contributed by atoms with van der Waals surface area (Å²) in [4.78, 5) is 41.5. The fourth-order valence-corrected chi connectivity index (χ4v) is 7.95. The minimum atomic E-state index is -1.21. The number of aromatic nitrogens is 2. The largest absolute Gasteiger partial charge is 0.593 e. The van der Waals surface area contributed by atoms with Gasteiger partial charge in [-0.25, -0.2) is 9.78 Å². The van der Waals surface area contributed by atoms with Crippen LogP contribution in [0.25, 0.3) is 0 Å². The van der Waals surface area contributed by atoms with Crippen molar-refractivity contribution in [2.24, 2.45) is 0 Å². The highest BCUT2D eigenvalue weighted by atomic mass is 35.5. The maximum absolute atomic E-state index is 12.3. The van der Waals surface area contributed by atoms with E-state index < -0.39 is 11.4 Å². The third-order valence-corrected chi connectivity index (χ3v) is 11.9. The van der Waals surface area contributed by atoms with Crippen molar-refractivity contribution >= 4 is 75.5 Å².